The SMILES string of the molecule is C=CC(c1cccc2ccccc12)S(=O)(=O)Nc1nc(CC(=O)NCc2ccco2)cs1. The molecule has 1 amide bonds. The Morgan fingerprint density at radius 1 is 1.16 bits per heavy atom. The Hall–Kier alpha value is -3.43. The Morgan fingerprint density at radius 2 is 1.97 bits per heavy atom. The van der Waals surface area contributed by atoms with Gasteiger partial charge < -0.3 is 9.73 Å². The predicted molar refractivity (Wildman–Crippen MR) is 126 cm³/mol. The number of sulfonamides is 1. The van der Waals surface area contributed by atoms with Crippen LogP contribution in [0.3, 0.4) is 0 Å². The van der Waals surface area contributed by atoms with Crippen molar-refractivity contribution < 1.29 is 17.6 Å². The van der Waals surface area contributed by atoms with Gasteiger partial charge in [-0.05, 0) is 28.5 Å². The average molecular weight is 468 g/mol. The fourth-order valence-electron chi connectivity index (χ4n) is 3.37. The van der Waals surface area contributed by atoms with Crippen molar-refractivity contribution in [2.45, 2.75) is 18.2 Å². The molecule has 2 aromatic heterocycles. The first kappa shape index (κ1) is 21.8. The highest BCUT2D eigenvalue weighted by molar-refractivity contribution is 7.93. The first-order valence-corrected chi connectivity index (χ1v) is 12.2. The molecule has 9 heteroatoms. The minimum Gasteiger partial charge on any atom is -0.467 e. The van der Waals surface area contributed by atoms with Crippen LogP contribution in [0.2, 0.25) is 0 Å². The van der Waals surface area contributed by atoms with Crippen LogP contribution >= 0.6 is 11.3 Å². The molecule has 1 unspecified atom stereocenters. The van der Waals surface area contributed by atoms with Crippen molar-refractivity contribution in [1.82, 2.24) is 10.3 Å². The Kier molecular flexibility index (Phi) is 6.38. The second-order valence-electron chi connectivity index (χ2n) is 7.05. The number of carbonyl (C=O) groups excluding carboxylic acids is 1. The molecule has 0 spiro atoms. The van der Waals surface area contributed by atoms with E-state index < -0.39 is 15.3 Å². The molecule has 164 valence electrons. The predicted octanol–water partition coefficient (Wildman–Crippen LogP) is 4.42. The lowest BCUT2D eigenvalue weighted by atomic mass is 10.0. The maximum absolute atomic E-state index is 13.1. The third-order valence-corrected chi connectivity index (χ3v) is 7.37. The molecule has 2 N–H and O–H groups in total. The number of thiazole rings is 1. The third kappa shape index (κ3) is 4.90. The lowest BCUT2D eigenvalue weighted by molar-refractivity contribution is -0.120. The van der Waals surface area contributed by atoms with Gasteiger partial charge in [0, 0.05) is 5.38 Å². The largest absolute Gasteiger partial charge is 0.467 e. The molecule has 0 bridgehead atoms. The van der Waals surface area contributed by atoms with Gasteiger partial charge in [0.15, 0.2) is 5.13 Å². The van der Waals surface area contributed by atoms with Crippen LogP contribution in [0.15, 0.2) is 83.3 Å². The van der Waals surface area contributed by atoms with Gasteiger partial charge in [0.25, 0.3) is 0 Å². The lowest BCUT2D eigenvalue weighted by Crippen LogP contribution is -2.24. The van der Waals surface area contributed by atoms with E-state index in [1.54, 1.807) is 23.6 Å². The van der Waals surface area contributed by atoms with E-state index in [1.165, 1.54) is 12.3 Å². The van der Waals surface area contributed by atoms with Crippen molar-refractivity contribution in [1.29, 1.82) is 0 Å². The van der Waals surface area contributed by atoms with Crippen LogP contribution in [0.5, 0.6) is 0 Å². The average Bonchev–Trinajstić information content (AvgIpc) is 3.44. The highest BCUT2D eigenvalue weighted by atomic mass is 32.2. The van der Waals surface area contributed by atoms with Crippen molar-refractivity contribution in [2.24, 2.45) is 0 Å². The molecule has 0 saturated carbocycles. The Bertz CT molecular complexity index is 1340. The van der Waals surface area contributed by atoms with Crippen LogP contribution < -0.4 is 10.0 Å². The summed E-state index contributed by atoms with van der Waals surface area (Å²) in [5.41, 5.74) is 1.12. The summed E-state index contributed by atoms with van der Waals surface area (Å²) in [7, 11) is -3.86. The maximum atomic E-state index is 13.1. The monoisotopic (exact) mass is 467 g/mol. The number of fused-ring (bicyclic) bond motifs is 1. The van der Waals surface area contributed by atoms with Crippen LogP contribution in [0.4, 0.5) is 5.13 Å². The van der Waals surface area contributed by atoms with Gasteiger partial charge in [-0.2, -0.15) is 0 Å². The minimum absolute atomic E-state index is 0.0349. The van der Waals surface area contributed by atoms with Gasteiger partial charge in [0.1, 0.15) is 11.0 Å². The van der Waals surface area contributed by atoms with Crippen LogP contribution in [0.25, 0.3) is 10.8 Å². The van der Waals surface area contributed by atoms with Crippen molar-refractivity contribution in [3.8, 4) is 0 Å². The number of rotatable bonds is 9. The summed E-state index contributed by atoms with van der Waals surface area (Å²) in [4.78, 5) is 16.4. The second kappa shape index (κ2) is 9.37. The molecule has 0 fully saturated rings. The standard InChI is InChI=1S/C23H21N3O4S2/c1-2-21(20-11-5-8-16-7-3-4-10-19(16)20)32(28,29)26-23-25-17(15-31-23)13-22(27)24-14-18-9-6-12-30-18/h2-12,15,21H,1,13-14H2,(H,24,27)(H,25,26). The smallest absolute Gasteiger partial charge is 0.245 e. The number of benzene rings is 2. The summed E-state index contributed by atoms with van der Waals surface area (Å²) in [6.45, 7) is 4.02. The molecule has 0 radical (unpaired) electrons. The molecule has 1 atom stereocenters. The normalized spacial score (nSPS) is 12.4. The molecule has 32 heavy (non-hydrogen) atoms. The van der Waals surface area contributed by atoms with E-state index in [0.29, 0.717) is 17.0 Å². The van der Waals surface area contributed by atoms with Gasteiger partial charge in [0.05, 0.1) is 24.9 Å². The van der Waals surface area contributed by atoms with E-state index in [-0.39, 0.29) is 24.0 Å². The summed E-state index contributed by atoms with van der Waals surface area (Å²) in [5.74, 6) is 0.412. The number of hydrogen-bond donors (Lipinski definition) is 2. The zero-order chi connectivity index (χ0) is 22.6. The van der Waals surface area contributed by atoms with Crippen molar-refractivity contribution in [3.05, 3.63) is 95.9 Å². The van der Waals surface area contributed by atoms with E-state index in [4.69, 9.17) is 4.42 Å². The minimum atomic E-state index is -3.86. The molecule has 0 aliphatic rings. The molecular formula is C23H21N3O4S2. The first-order valence-electron chi connectivity index (χ1n) is 9.81. The van der Waals surface area contributed by atoms with Gasteiger partial charge in [-0.25, -0.2) is 13.4 Å². The highest BCUT2D eigenvalue weighted by Crippen LogP contribution is 2.32. The summed E-state index contributed by atoms with van der Waals surface area (Å²) in [6, 6.07) is 16.7. The van der Waals surface area contributed by atoms with Gasteiger partial charge >= 0.3 is 0 Å². The fourth-order valence-corrected chi connectivity index (χ4v) is 5.67. The van der Waals surface area contributed by atoms with E-state index >= 15 is 0 Å². The number of nitrogens with zero attached hydrogens (tertiary/aromatic N) is 1. The Labute approximate surface area is 189 Å². The van der Waals surface area contributed by atoms with Gasteiger partial charge in [-0.1, -0.05) is 48.5 Å². The number of carbonyl (C=O) groups is 1. The molecule has 7 nitrogen and oxygen atoms in total. The summed E-state index contributed by atoms with van der Waals surface area (Å²) >= 11 is 1.13. The zero-order valence-corrected chi connectivity index (χ0v) is 18.7. The lowest BCUT2D eigenvalue weighted by Gasteiger charge is -2.16. The highest BCUT2D eigenvalue weighted by Gasteiger charge is 2.27. The number of anilines is 1. The zero-order valence-electron chi connectivity index (χ0n) is 17.0. The van der Waals surface area contributed by atoms with Gasteiger partial charge in [-0.15, -0.1) is 17.9 Å². The van der Waals surface area contributed by atoms with Gasteiger partial charge in [0.2, 0.25) is 15.9 Å². The number of aromatic nitrogens is 1. The first-order chi connectivity index (χ1) is 15.5. The number of nitrogens with one attached hydrogen (secondary N) is 2. The summed E-state index contributed by atoms with van der Waals surface area (Å²) in [6.07, 6.45) is 2.98. The van der Waals surface area contributed by atoms with Crippen molar-refractivity contribution >= 4 is 43.2 Å². The number of amides is 1. The van der Waals surface area contributed by atoms with E-state index in [0.717, 1.165) is 22.1 Å². The van der Waals surface area contributed by atoms with E-state index in [9.17, 15) is 13.2 Å². The Morgan fingerprint density at radius 3 is 2.75 bits per heavy atom. The summed E-state index contributed by atoms with van der Waals surface area (Å²) < 4.78 is 34.0. The topological polar surface area (TPSA) is 101 Å². The van der Waals surface area contributed by atoms with Gasteiger partial charge in [-0.3, -0.25) is 9.52 Å². The van der Waals surface area contributed by atoms with Crippen molar-refractivity contribution in [3.63, 3.8) is 0 Å². The number of hydrogen-bond acceptors (Lipinski definition) is 6. The van der Waals surface area contributed by atoms with Crippen LogP contribution in [-0.2, 0) is 27.8 Å². The maximum Gasteiger partial charge on any atom is 0.245 e. The number of furan rings is 1. The molecule has 4 aromatic rings. The third-order valence-electron chi connectivity index (χ3n) is 4.84. The molecule has 0 aliphatic heterocycles. The summed E-state index contributed by atoms with van der Waals surface area (Å²) in [5, 5.41) is 5.43. The quantitative estimate of drug-likeness (QED) is 0.355. The van der Waals surface area contributed by atoms with E-state index in [2.05, 4.69) is 21.6 Å². The molecule has 2 aromatic carbocycles. The van der Waals surface area contributed by atoms with Crippen LogP contribution in [-0.4, -0.2) is 19.3 Å². The van der Waals surface area contributed by atoms with E-state index in [1.807, 2.05) is 36.4 Å². The van der Waals surface area contributed by atoms with Crippen molar-refractivity contribution in [2.75, 3.05) is 4.72 Å². The molecular weight excluding hydrogens is 446 g/mol. The fraction of sp³-hybridized carbons (Fsp3) is 0.130. The second-order valence-corrected chi connectivity index (χ2v) is 9.71. The molecule has 0 aliphatic carbocycles. The van der Waals surface area contributed by atoms with Crippen LogP contribution in [0.1, 0.15) is 22.3 Å². The molecule has 0 saturated heterocycles. The molecule has 2 heterocycles. The van der Waals surface area contributed by atoms with Crippen LogP contribution in [0, 0.1) is 0 Å². The molecule has 4 rings (SSSR count). The Balaban J connectivity index is 1.46.